The number of rotatable bonds is 2. The molecule has 1 aromatic heterocycles. The van der Waals surface area contributed by atoms with Gasteiger partial charge in [0, 0.05) is 12.8 Å². The Bertz CT molecular complexity index is 547. The molecule has 94 valence electrons. The Balaban J connectivity index is 1.89. The maximum absolute atomic E-state index is 12.8. The van der Waals surface area contributed by atoms with E-state index in [0.29, 0.717) is 6.42 Å². The van der Waals surface area contributed by atoms with Gasteiger partial charge in [0.25, 0.3) is 0 Å². The fraction of sp³-hybridized carbons (Fsp3) is 0.385. The highest BCUT2D eigenvalue weighted by atomic mass is 19.1. The number of hydrogen-bond acceptors (Lipinski definition) is 3. The molecule has 1 unspecified atom stereocenters. The third-order valence-corrected chi connectivity index (χ3v) is 3.34. The van der Waals surface area contributed by atoms with Crippen LogP contribution in [0.15, 0.2) is 24.3 Å². The first-order valence-corrected chi connectivity index (χ1v) is 6.17. The number of aromatic nitrogens is 3. The zero-order valence-electron chi connectivity index (χ0n) is 10.0. The van der Waals surface area contributed by atoms with Gasteiger partial charge in [-0.3, -0.25) is 4.57 Å². The molecular weight excluding hydrogens is 231 g/mol. The van der Waals surface area contributed by atoms with E-state index in [-0.39, 0.29) is 12.0 Å². The van der Waals surface area contributed by atoms with Gasteiger partial charge in [-0.1, -0.05) is 12.1 Å². The summed E-state index contributed by atoms with van der Waals surface area (Å²) >= 11 is 0. The molecule has 0 radical (unpaired) electrons. The number of hydrogen-bond donors (Lipinski definition) is 1. The summed E-state index contributed by atoms with van der Waals surface area (Å²) in [6, 6.07) is 6.46. The summed E-state index contributed by atoms with van der Waals surface area (Å²) < 4.78 is 14.9. The Labute approximate surface area is 105 Å². The van der Waals surface area contributed by atoms with Crippen molar-refractivity contribution in [1.82, 2.24) is 14.8 Å². The topological polar surface area (TPSA) is 56.7 Å². The van der Waals surface area contributed by atoms with Crippen LogP contribution in [-0.4, -0.2) is 14.8 Å². The van der Waals surface area contributed by atoms with Crippen LogP contribution in [0.2, 0.25) is 0 Å². The third kappa shape index (κ3) is 2.01. The molecule has 1 atom stereocenters. The van der Waals surface area contributed by atoms with Crippen molar-refractivity contribution in [3.63, 3.8) is 0 Å². The van der Waals surface area contributed by atoms with E-state index < -0.39 is 0 Å². The second-order valence-electron chi connectivity index (χ2n) is 4.67. The monoisotopic (exact) mass is 246 g/mol. The number of nitrogens with two attached hydrogens (primary N) is 1. The normalized spacial score (nSPS) is 18.7. The SMILES string of the molecule is NC1CCCc2nnc(Cc3ccc(F)cc3)n21. The average Bonchev–Trinajstić information content (AvgIpc) is 2.77. The van der Waals surface area contributed by atoms with Crippen LogP contribution in [0.25, 0.3) is 0 Å². The molecule has 2 N–H and O–H groups in total. The zero-order chi connectivity index (χ0) is 12.5. The van der Waals surface area contributed by atoms with Crippen LogP contribution in [0.5, 0.6) is 0 Å². The van der Waals surface area contributed by atoms with Gasteiger partial charge >= 0.3 is 0 Å². The number of benzene rings is 1. The Morgan fingerprint density at radius 2 is 2.06 bits per heavy atom. The van der Waals surface area contributed by atoms with Gasteiger partial charge in [-0.25, -0.2) is 4.39 Å². The minimum Gasteiger partial charge on any atom is -0.311 e. The van der Waals surface area contributed by atoms with E-state index in [1.54, 1.807) is 12.1 Å². The molecule has 0 saturated carbocycles. The molecule has 0 aliphatic carbocycles. The van der Waals surface area contributed by atoms with Crippen molar-refractivity contribution in [3.8, 4) is 0 Å². The third-order valence-electron chi connectivity index (χ3n) is 3.34. The lowest BCUT2D eigenvalue weighted by molar-refractivity contribution is 0.399. The van der Waals surface area contributed by atoms with Crippen molar-refractivity contribution in [2.24, 2.45) is 5.73 Å². The van der Waals surface area contributed by atoms with Crippen molar-refractivity contribution < 1.29 is 4.39 Å². The molecule has 0 amide bonds. The first-order chi connectivity index (χ1) is 8.74. The molecule has 0 saturated heterocycles. The van der Waals surface area contributed by atoms with Crippen LogP contribution in [0.3, 0.4) is 0 Å². The quantitative estimate of drug-likeness (QED) is 0.879. The molecule has 5 heteroatoms. The second-order valence-corrected chi connectivity index (χ2v) is 4.67. The van der Waals surface area contributed by atoms with Gasteiger partial charge in [-0.05, 0) is 30.5 Å². The summed E-state index contributed by atoms with van der Waals surface area (Å²) in [5.41, 5.74) is 7.11. The maximum atomic E-state index is 12.8. The van der Waals surface area contributed by atoms with Crippen molar-refractivity contribution in [3.05, 3.63) is 47.3 Å². The molecule has 0 bridgehead atoms. The minimum absolute atomic E-state index is 0.0285. The lowest BCUT2D eigenvalue weighted by atomic mass is 10.1. The number of nitrogens with zero attached hydrogens (tertiary/aromatic N) is 3. The Morgan fingerprint density at radius 3 is 2.83 bits per heavy atom. The molecule has 2 aromatic rings. The summed E-state index contributed by atoms with van der Waals surface area (Å²) in [5, 5.41) is 8.38. The predicted octanol–water partition coefficient (Wildman–Crippen LogP) is 1.80. The molecule has 0 fully saturated rings. The van der Waals surface area contributed by atoms with E-state index in [1.165, 1.54) is 12.1 Å². The van der Waals surface area contributed by atoms with Crippen molar-refractivity contribution in [2.75, 3.05) is 0 Å². The summed E-state index contributed by atoms with van der Waals surface area (Å²) in [7, 11) is 0. The Morgan fingerprint density at radius 1 is 1.28 bits per heavy atom. The van der Waals surface area contributed by atoms with Gasteiger partial charge < -0.3 is 5.73 Å². The lowest BCUT2D eigenvalue weighted by Crippen LogP contribution is -2.26. The molecular formula is C13H15FN4. The Kier molecular flexibility index (Phi) is 2.83. The molecule has 0 spiro atoms. The van der Waals surface area contributed by atoms with Gasteiger partial charge in [-0.2, -0.15) is 0 Å². The predicted molar refractivity (Wildman–Crippen MR) is 65.4 cm³/mol. The first kappa shape index (κ1) is 11.3. The fourth-order valence-electron chi connectivity index (χ4n) is 2.42. The van der Waals surface area contributed by atoms with E-state index in [2.05, 4.69) is 10.2 Å². The van der Waals surface area contributed by atoms with Crippen molar-refractivity contribution in [2.45, 2.75) is 31.8 Å². The Hall–Kier alpha value is -1.75. The lowest BCUT2D eigenvalue weighted by Gasteiger charge is -2.22. The number of aryl methyl sites for hydroxylation is 1. The second kappa shape index (κ2) is 4.49. The van der Waals surface area contributed by atoms with Crippen LogP contribution in [0, 0.1) is 5.82 Å². The van der Waals surface area contributed by atoms with Crippen LogP contribution < -0.4 is 5.73 Å². The molecule has 1 aliphatic heterocycles. The highest BCUT2D eigenvalue weighted by Crippen LogP contribution is 2.22. The van der Waals surface area contributed by atoms with Gasteiger partial charge in [0.1, 0.15) is 17.5 Å². The van der Waals surface area contributed by atoms with Crippen molar-refractivity contribution >= 4 is 0 Å². The number of fused-ring (bicyclic) bond motifs is 1. The van der Waals surface area contributed by atoms with E-state index in [9.17, 15) is 4.39 Å². The number of halogens is 1. The van der Waals surface area contributed by atoms with Gasteiger partial charge in [0.15, 0.2) is 0 Å². The largest absolute Gasteiger partial charge is 0.311 e. The van der Waals surface area contributed by atoms with Gasteiger partial charge in [0.2, 0.25) is 0 Å². The average molecular weight is 246 g/mol. The van der Waals surface area contributed by atoms with E-state index in [0.717, 1.165) is 36.5 Å². The van der Waals surface area contributed by atoms with Gasteiger partial charge in [0.05, 0.1) is 6.17 Å². The molecule has 3 rings (SSSR count). The van der Waals surface area contributed by atoms with Crippen LogP contribution in [0.1, 0.15) is 36.2 Å². The van der Waals surface area contributed by atoms with Crippen LogP contribution in [-0.2, 0) is 12.8 Å². The summed E-state index contributed by atoms with van der Waals surface area (Å²) in [4.78, 5) is 0. The highest BCUT2D eigenvalue weighted by Gasteiger charge is 2.21. The van der Waals surface area contributed by atoms with Crippen molar-refractivity contribution in [1.29, 1.82) is 0 Å². The molecule has 1 aliphatic rings. The summed E-state index contributed by atoms with van der Waals surface area (Å²) in [5.74, 6) is 1.60. The van der Waals surface area contributed by atoms with E-state index in [1.807, 2.05) is 4.57 Å². The molecule has 1 aromatic carbocycles. The fourth-order valence-corrected chi connectivity index (χ4v) is 2.42. The van der Waals surface area contributed by atoms with Crippen LogP contribution in [0.4, 0.5) is 4.39 Å². The minimum atomic E-state index is -0.223. The van der Waals surface area contributed by atoms with E-state index in [4.69, 9.17) is 5.73 Å². The molecule has 18 heavy (non-hydrogen) atoms. The smallest absolute Gasteiger partial charge is 0.138 e. The van der Waals surface area contributed by atoms with Crippen LogP contribution >= 0.6 is 0 Å². The summed E-state index contributed by atoms with van der Waals surface area (Å²) in [6.45, 7) is 0. The first-order valence-electron chi connectivity index (χ1n) is 6.17. The molecule has 2 heterocycles. The van der Waals surface area contributed by atoms with Gasteiger partial charge in [-0.15, -0.1) is 10.2 Å². The summed E-state index contributed by atoms with van der Waals surface area (Å²) in [6.07, 6.45) is 3.57. The highest BCUT2D eigenvalue weighted by molar-refractivity contribution is 5.20. The zero-order valence-corrected chi connectivity index (χ0v) is 10.0. The standard InChI is InChI=1S/C13H15FN4/c14-10-6-4-9(5-7-10)8-13-17-16-12-3-1-2-11(15)18(12)13/h4-7,11H,1-3,8,15H2. The molecule has 4 nitrogen and oxygen atoms in total. The van der Waals surface area contributed by atoms with E-state index >= 15 is 0 Å². The maximum Gasteiger partial charge on any atom is 0.138 e.